The van der Waals surface area contributed by atoms with Crippen LogP contribution in [0.3, 0.4) is 0 Å². The zero-order chi connectivity index (χ0) is 19.0. The Hall–Kier alpha value is -2.69. The third-order valence-corrected chi connectivity index (χ3v) is 5.96. The number of aromatic nitrogens is 4. The zero-order valence-electron chi connectivity index (χ0n) is 14.9. The molecule has 11 heteroatoms. The average molecular weight is 392 g/mol. The summed E-state index contributed by atoms with van der Waals surface area (Å²) in [6.45, 7) is 2.84. The van der Waals surface area contributed by atoms with Crippen molar-refractivity contribution < 1.29 is 17.9 Å². The molecular formula is C16H20N6O4S. The zero-order valence-corrected chi connectivity index (χ0v) is 15.7. The number of carbonyl (C=O) groups excluding carboxylic acids is 1. The maximum atomic E-state index is 12.5. The van der Waals surface area contributed by atoms with E-state index in [0.29, 0.717) is 13.2 Å². The molecule has 0 spiro atoms. The molecule has 2 aromatic heterocycles. The van der Waals surface area contributed by atoms with E-state index >= 15 is 0 Å². The maximum absolute atomic E-state index is 12.5. The highest BCUT2D eigenvalue weighted by Crippen LogP contribution is 2.26. The summed E-state index contributed by atoms with van der Waals surface area (Å²) >= 11 is 0. The van der Waals surface area contributed by atoms with E-state index in [-0.39, 0.29) is 16.7 Å². The summed E-state index contributed by atoms with van der Waals surface area (Å²) in [5.74, 6) is 0.233. The van der Waals surface area contributed by atoms with Gasteiger partial charge in [0.15, 0.2) is 4.90 Å². The van der Waals surface area contributed by atoms with Gasteiger partial charge in [0.2, 0.25) is 11.8 Å². The van der Waals surface area contributed by atoms with Crippen LogP contribution in [0.15, 0.2) is 11.1 Å². The van der Waals surface area contributed by atoms with Gasteiger partial charge in [0.25, 0.3) is 10.0 Å². The van der Waals surface area contributed by atoms with Crippen LogP contribution < -0.4 is 14.8 Å². The minimum absolute atomic E-state index is 0.0918. The number of amides is 2. The number of rotatable bonds is 3. The van der Waals surface area contributed by atoms with E-state index < -0.39 is 16.1 Å². The predicted octanol–water partition coefficient (Wildman–Crippen LogP) is 1.15. The number of anilines is 1. The van der Waals surface area contributed by atoms with Crippen molar-refractivity contribution in [1.29, 1.82) is 0 Å². The van der Waals surface area contributed by atoms with Crippen LogP contribution in [0.4, 0.5) is 10.7 Å². The Morgan fingerprint density at radius 1 is 1.22 bits per heavy atom. The molecule has 144 valence electrons. The summed E-state index contributed by atoms with van der Waals surface area (Å²) in [6, 6.07) is -0.930. The van der Waals surface area contributed by atoms with Crippen molar-refractivity contribution >= 4 is 22.0 Å². The molecule has 0 saturated carbocycles. The molecule has 1 aliphatic heterocycles. The van der Waals surface area contributed by atoms with Crippen LogP contribution in [-0.2, 0) is 29.4 Å². The van der Waals surface area contributed by atoms with Gasteiger partial charge < -0.3 is 4.74 Å². The Labute approximate surface area is 156 Å². The first-order chi connectivity index (χ1) is 12.9. The van der Waals surface area contributed by atoms with Crippen molar-refractivity contribution in [3.05, 3.63) is 23.1 Å². The van der Waals surface area contributed by atoms with Crippen LogP contribution in [0.2, 0.25) is 0 Å². The monoisotopic (exact) mass is 392 g/mol. The average Bonchev–Trinajstić information content (AvgIpc) is 3.06. The lowest BCUT2D eigenvalue weighted by Crippen LogP contribution is -2.35. The molecule has 2 aliphatic rings. The number of sulfonamides is 1. The van der Waals surface area contributed by atoms with E-state index in [1.165, 1.54) is 10.9 Å². The first-order valence-electron chi connectivity index (χ1n) is 8.83. The van der Waals surface area contributed by atoms with Gasteiger partial charge in [-0.05, 0) is 38.2 Å². The number of aryl methyl sites for hydroxylation is 3. The topological polar surface area (TPSA) is 128 Å². The summed E-state index contributed by atoms with van der Waals surface area (Å²) in [6.07, 6.45) is 5.81. The normalized spacial score (nSPS) is 16.0. The summed E-state index contributed by atoms with van der Waals surface area (Å²) in [5.41, 5.74) is 2.83. The van der Waals surface area contributed by atoms with Crippen LogP contribution >= 0.6 is 0 Å². The highest BCUT2D eigenvalue weighted by Gasteiger charge is 2.28. The lowest BCUT2D eigenvalue weighted by molar-refractivity contribution is 0.224. The number of urea groups is 1. The molecule has 0 radical (unpaired) electrons. The molecule has 0 unspecified atom stereocenters. The van der Waals surface area contributed by atoms with Gasteiger partial charge in [-0.2, -0.15) is 5.10 Å². The molecule has 0 atom stereocenters. The second-order valence-electron chi connectivity index (χ2n) is 6.56. The fourth-order valence-electron chi connectivity index (χ4n) is 3.37. The lowest BCUT2D eigenvalue weighted by atomic mass is 9.95. The summed E-state index contributed by atoms with van der Waals surface area (Å²) in [5, 5.41) is 6.40. The van der Waals surface area contributed by atoms with Crippen molar-refractivity contribution in [2.24, 2.45) is 0 Å². The maximum Gasteiger partial charge on any atom is 0.335 e. The van der Waals surface area contributed by atoms with Crippen LogP contribution in [0.1, 0.15) is 36.2 Å². The molecular weight excluding hydrogens is 372 g/mol. The third kappa shape index (κ3) is 3.46. The highest BCUT2D eigenvalue weighted by atomic mass is 32.2. The first-order valence-corrected chi connectivity index (χ1v) is 10.3. The number of hydrogen-bond acceptors (Lipinski definition) is 7. The van der Waals surface area contributed by atoms with E-state index in [9.17, 15) is 13.2 Å². The SMILES string of the molecule is Cc1nc(NC(=O)NS(=O)(=O)c2cnn3c2OCCC3)nc2c1CCCC2. The van der Waals surface area contributed by atoms with E-state index in [1.54, 1.807) is 0 Å². The van der Waals surface area contributed by atoms with Crippen molar-refractivity contribution in [3.63, 3.8) is 0 Å². The van der Waals surface area contributed by atoms with Crippen LogP contribution in [0.25, 0.3) is 0 Å². The summed E-state index contributed by atoms with van der Waals surface area (Å²) in [7, 11) is -4.13. The van der Waals surface area contributed by atoms with Gasteiger partial charge in [0.05, 0.1) is 12.8 Å². The number of nitrogens with zero attached hydrogens (tertiary/aromatic N) is 4. The molecule has 10 nitrogen and oxygen atoms in total. The second kappa shape index (κ2) is 6.80. The third-order valence-electron chi connectivity index (χ3n) is 4.64. The minimum Gasteiger partial charge on any atom is -0.477 e. The Morgan fingerprint density at radius 2 is 2.04 bits per heavy atom. The number of nitrogens with one attached hydrogen (secondary N) is 2. The van der Waals surface area contributed by atoms with Crippen molar-refractivity contribution in [3.8, 4) is 5.88 Å². The molecule has 0 saturated heterocycles. The number of fused-ring (bicyclic) bond motifs is 2. The quantitative estimate of drug-likeness (QED) is 0.802. The molecule has 27 heavy (non-hydrogen) atoms. The first kappa shape index (κ1) is 17.7. The second-order valence-corrected chi connectivity index (χ2v) is 8.21. The van der Waals surface area contributed by atoms with Crippen LogP contribution in [0, 0.1) is 6.92 Å². The van der Waals surface area contributed by atoms with E-state index in [4.69, 9.17) is 4.74 Å². The largest absolute Gasteiger partial charge is 0.477 e. The fraction of sp³-hybridized carbons (Fsp3) is 0.500. The van der Waals surface area contributed by atoms with Gasteiger partial charge in [-0.25, -0.2) is 32.6 Å². The molecule has 3 heterocycles. The Morgan fingerprint density at radius 3 is 2.89 bits per heavy atom. The number of hydrogen-bond donors (Lipinski definition) is 2. The molecule has 2 amide bonds. The van der Waals surface area contributed by atoms with Gasteiger partial charge >= 0.3 is 6.03 Å². The van der Waals surface area contributed by atoms with Gasteiger partial charge in [0.1, 0.15) is 0 Å². The molecule has 4 rings (SSSR count). The summed E-state index contributed by atoms with van der Waals surface area (Å²) < 4.78 is 33.9. The van der Waals surface area contributed by atoms with E-state index in [0.717, 1.165) is 49.1 Å². The van der Waals surface area contributed by atoms with Gasteiger partial charge in [-0.3, -0.25) is 5.32 Å². The Kier molecular flexibility index (Phi) is 4.46. The van der Waals surface area contributed by atoms with Crippen LogP contribution in [-0.4, -0.2) is 40.8 Å². The van der Waals surface area contributed by atoms with Crippen LogP contribution in [0.5, 0.6) is 5.88 Å². The Bertz CT molecular complexity index is 1000. The lowest BCUT2D eigenvalue weighted by Gasteiger charge is -2.18. The number of carbonyl (C=O) groups is 1. The van der Waals surface area contributed by atoms with Crippen molar-refractivity contribution in [2.75, 3.05) is 11.9 Å². The molecule has 0 fully saturated rings. The Balaban J connectivity index is 1.51. The van der Waals surface area contributed by atoms with Gasteiger partial charge in [-0.15, -0.1) is 0 Å². The molecule has 2 N–H and O–H groups in total. The van der Waals surface area contributed by atoms with E-state index in [1.807, 2.05) is 11.6 Å². The van der Waals surface area contributed by atoms with Crippen molar-refractivity contribution in [2.45, 2.75) is 50.5 Å². The molecule has 0 bridgehead atoms. The molecule has 1 aliphatic carbocycles. The van der Waals surface area contributed by atoms with Crippen molar-refractivity contribution in [1.82, 2.24) is 24.5 Å². The standard InChI is InChI=1S/C16H20N6O4S/c1-10-11-5-2-3-6-12(11)19-15(18-10)20-16(23)21-27(24,25)13-9-17-22-7-4-8-26-14(13)22/h9H,2-8H2,1H3,(H2,18,19,20,21,23). The number of ether oxygens (including phenoxy) is 1. The molecule has 0 aromatic carbocycles. The highest BCUT2D eigenvalue weighted by molar-refractivity contribution is 7.90. The smallest absolute Gasteiger partial charge is 0.335 e. The van der Waals surface area contributed by atoms with E-state index in [2.05, 4.69) is 20.4 Å². The minimum atomic E-state index is -4.13. The fourth-order valence-corrected chi connectivity index (χ4v) is 4.36. The van der Waals surface area contributed by atoms with Gasteiger partial charge in [-0.1, -0.05) is 0 Å². The van der Waals surface area contributed by atoms with Gasteiger partial charge in [0, 0.05) is 24.4 Å². The molecule has 2 aromatic rings. The predicted molar refractivity (Wildman–Crippen MR) is 95.1 cm³/mol. The summed E-state index contributed by atoms with van der Waals surface area (Å²) in [4.78, 5) is 20.7.